The van der Waals surface area contributed by atoms with Crippen LogP contribution in [0.3, 0.4) is 0 Å². The number of hydrogen-bond acceptors (Lipinski definition) is 5. The van der Waals surface area contributed by atoms with Crippen LogP contribution >= 0.6 is 11.3 Å². The molecule has 0 saturated carbocycles. The van der Waals surface area contributed by atoms with Gasteiger partial charge >= 0.3 is 5.97 Å². The average Bonchev–Trinajstić information content (AvgIpc) is 3.14. The van der Waals surface area contributed by atoms with Crippen molar-refractivity contribution in [3.63, 3.8) is 0 Å². The summed E-state index contributed by atoms with van der Waals surface area (Å²) in [7, 11) is 0. The van der Waals surface area contributed by atoms with Gasteiger partial charge in [0.05, 0.1) is 17.8 Å². The van der Waals surface area contributed by atoms with Crippen molar-refractivity contribution in [2.45, 2.75) is 32.9 Å². The molecule has 6 heteroatoms. The number of benzene rings is 2. The Labute approximate surface area is 166 Å². The molecule has 2 aromatic carbocycles. The van der Waals surface area contributed by atoms with Crippen LogP contribution in [0.25, 0.3) is 32.1 Å². The first kappa shape index (κ1) is 18.4. The molecular weight excluding hydrogens is 372 g/mol. The molecular formula is C22H20N2O3S. The lowest BCUT2D eigenvalue weighted by atomic mass is 10.0. The van der Waals surface area contributed by atoms with Crippen LogP contribution in [0.15, 0.2) is 59.0 Å². The molecule has 0 spiro atoms. The van der Waals surface area contributed by atoms with Gasteiger partial charge in [0.25, 0.3) is 5.56 Å². The quantitative estimate of drug-likeness (QED) is 0.465. The summed E-state index contributed by atoms with van der Waals surface area (Å²) in [6, 6.07) is 14.2. The van der Waals surface area contributed by atoms with Crippen LogP contribution in [-0.4, -0.2) is 21.6 Å². The molecule has 4 rings (SSSR count). The molecule has 28 heavy (non-hydrogen) atoms. The molecule has 0 bridgehead atoms. The average molecular weight is 392 g/mol. The van der Waals surface area contributed by atoms with Crippen LogP contribution in [0.1, 0.15) is 20.3 Å². The Balaban J connectivity index is 1.76. The number of rotatable bonds is 5. The Bertz CT molecular complexity index is 1230. The number of aromatic nitrogens is 2. The van der Waals surface area contributed by atoms with E-state index < -0.39 is 5.97 Å². The maximum absolute atomic E-state index is 13.1. The molecule has 0 aliphatic rings. The van der Waals surface area contributed by atoms with E-state index in [-0.39, 0.29) is 18.2 Å². The number of carbonyl (C=O) groups is 1. The van der Waals surface area contributed by atoms with Crippen molar-refractivity contribution >= 4 is 38.3 Å². The molecule has 0 fully saturated rings. The van der Waals surface area contributed by atoms with Gasteiger partial charge in [0.15, 0.2) is 0 Å². The fraction of sp³-hybridized carbons (Fsp3) is 0.227. The van der Waals surface area contributed by atoms with Crippen molar-refractivity contribution in [1.82, 2.24) is 9.55 Å². The number of fused-ring (bicyclic) bond motifs is 2. The molecule has 0 aliphatic carbocycles. The summed E-state index contributed by atoms with van der Waals surface area (Å²) in [6.45, 7) is 3.64. The normalized spacial score (nSPS) is 12.4. The van der Waals surface area contributed by atoms with Gasteiger partial charge in [-0.1, -0.05) is 43.3 Å². The smallest absolute Gasteiger partial charge is 0.326 e. The van der Waals surface area contributed by atoms with Gasteiger partial charge in [-0.3, -0.25) is 14.2 Å². The predicted octanol–water partition coefficient (Wildman–Crippen LogP) is 4.62. The number of nitrogens with zero attached hydrogens (tertiary/aromatic N) is 2. The van der Waals surface area contributed by atoms with E-state index in [4.69, 9.17) is 4.74 Å². The van der Waals surface area contributed by atoms with Crippen LogP contribution in [0, 0.1) is 0 Å². The molecule has 1 unspecified atom stereocenters. The SMILES string of the molecule is CCC(C)OC(=O)Cn1cnc2scc(-c3ccc4ccccc4c3)c2c1=O. The third-order valence-electron chi connectivity index (χ3n) is 4.83. The largest absolute Gasteiger partial charge is 0.461 e. The zero-order chi connectivity index (χ0) is 19.7. The topological polar surface area (TPSA) is 61.2 Å². The van der Waals surface area contributed by atoms with Crippen LogP contribution in [-0.2, 0) is 16.1 Å². The summed E-state index contributed by atoms with van der Waals surface area (Å²) in [6.07, 6.45) is 1.98. The summed E-state index contributed by atoms with van der Waals surface area (Å²) in [5.41, 5.74) is 1.58. The minimum Gasteiger partial charge on any atom is -0.461 e. The monoisotopic (exact) mass is 392 g/mol. The fourth-order valence-corrected chi connectivity index (χ4v) is 4.04. The molecule has 2 aromatic heterocycles. The number of ether oxygens (including phenoxy) is 1. The van der Waals surface area contributed by atoms with E-state index in [0.717, 1.165) is 28.3 Å². The van der Waals surface area contributed by atoms with Crippen molar-refractivity contribution < 1.29 is 9.53 Å². The lowest BCUT2D eigenvalue weighted by Gasteiger charge is -2.11. The van der Waals surface area contributed by atoms with Gasteiger partial charge in [0.1, 0.15) is 11.4 Å². The second-order valence-electron chi connectivity index (χ2n) is 6.78. The van der Waals surface area contributed by atoms with Crippen molar-refractivity contribution in [3.05, 3.63) is 64.5 Å². The van der Waals surface area contributed by atoms with Gasteiger partial charge < -0.3 is 4.74 Å². The maximum atomic E-state index is 13.1. The molecule has 2 heterocycles. The minimum atomic E-state index is -0.430. The first-order chi connectivity index (χ1) is 13.6. The second kappa shape index (κ2) is 7.56. The zero-order valence-electron chi connectivity index (χ0n) is 15.7. The Morgan fingerprint density at radius 1 is 1.21 bits per heavy atom. The van der Waals surface area contributed by atoms with Gasteiger partial charge in [-0.25, -0.2) is 4.98 Å². The number of carbonyl (C=O) groups excluding carboxylic acids is 1. The van der Waals surface area contributed by atoms with E-state index >= 15 is 0 Å². The van der Waals surface area contributed by atoms with E-state index in [1.807, 2.05) is 43.5 Å². The van der Waals surface area contributed by atoms with Gasteiger partial charge in [-0.05, 0) is 35.7 Å². The number of thiophene rings is 1. The molecule has 0 amide bonds. The van der Waals surface area contributed by atoms with E-state index in [1.54, 1.807) is 0 Å². The van der Waals surface area contributed by atoms with Crippen molar-refractivity contribution in [3.8, 4) is 11.1 Å². The van der Waals surface area contributed by atoms with Gasteiger partial charge in [0.2, 0.25) is 0 Å². The lowest BCUT2D eigenvalue weighted by molar-refractivity contribution is -0.149. The second-order valence-corrected chi connectivity index (χ2v) is 7.64. The fourth-order valence-electron chi connectivity index (χ4n) is 3.13. The third kappa shape index (κ3) is 3.43. The van der Waals surface area contributed by atoms with E-state index in [0.29, 0.717) is 10.2 Å². The van der Waals surface area contributed by atoms with Gasteiger partial charge in [0, 0.05) is 10.9 Å². The Kier molecular flexibility index (Phi) is 4.96. The standard InChI is InChI=1S/C22H20N2O3S/c1-3-14(2)27-19(25)11-24-13-23-21-20(22(24)26)18(12-28-21)17-9-8-15-6-4-5-7-16(15)10-17/h4-10,12-14H,3,11H2,1-2H3. The summed E-state index contributed by atoms with van der Waals surface area (Å²) < 4.78 is 6.61. The Morgan fingerprint density at radius 3 is 2.79 bits per heavy atom. The Hall–Kier alpha value is -2.99. The maximum Gasteiger partial charge on any atom is 0.326 e. The molecule has 0 saturated heterocycles. The molecule has 1 atom stereocenters. The summed E-state index contributed by atoms with van der Waals surface area (Å²) in [5, 5.41) is 4.75. The van der Waals surface area contributed by atoms with Crippen LogP contribution < -0.4 is 5.56 Å². The van der Waals surface area contributed by atoms with E-state index in [2.05, 4.69) is 23.2 Å². The molecule has 142 valence electrons. The highest BCUT2D eigenvalue weighted by molar-refractivity contribution is 7.17. The number of esters is 1. The molecule has 0 aliphatic heterocycles. The molecule has 5 nitrogen and oxygen atoms in total. The lowest BCUT2D eigenvalue weighted by Crippen LogP contribution is -2.27. The third-order valence-corrected chi connectivity index (χ3v) is 5.71. The van der Waals surface area contributed by atoms with E-state index in [1.165, 1.54) is 22.2 Å². The van der Waals surface area contributed by atoms with Crippen molar-refractivity contribution in [2.24, 2.45) is 0 Å². The highest BCUT2D eigenvalue weighted by atomic mass is 32.1. The predicted molar refractivity (Wildman–Crippen MR) is 113 cm³/mol. The highest BCUT2D eigenvalue weighted by Gasteiger charge is 2.16. The minimum absolute atomic E-state index is 0.140. The molecule has 0 radical (unpaired) electrons. The van der Waals surface area contributed by atoms with Crippen molar-refractivity contribution in [2.75, 3.05) is 0 Å². The summed E-state index contributed by atoms with van der Waals surface area (Å²) in [5.74, 6) is -0.430. The van der Waals surface area contributed by atoms with Crippen LogP contribution in [0.2, 0.25) is 0 Å². The summed E-state index contributed by atoms with van der Waals surface area (Å²) >= 11 is 1.43. The van der Waals surface area contributed by atoms with Crippen LogP contribution in [0.5, 0.6) is 0 Å². The van der Waals surface area contributed by atoms with E-state index in [9.17, 15) is 9.59 Å². The van der Waals surface area contributed by atoms with Gasteiger partial charge in [-0.15, -0.1) is 11.3 Å². The van der Waals surface area contributed by atoms with Gasteiger partial charge in [-0.2, -0.15) is 0 Å². The Morgan fingerprint density at radius 2 is 2.00 bits per heavy atom. The first-order valence-electron chi connectivity index (χ1n) is 9.22. The highest BCUT2D eigenvalue weighted by Crippen LogP contribution is 2.32. The molecule has 4 aromatic rings. The molecule has 0 N–H and O–H groups in total. The number of hydrogen-bond donors (Lipinski definition) is 0. The first-order valence-corrected chi connectivity index (χ1v) is 10.1. The zero-order valence-corrected chi connectivity index (χ0v) is 16.5. The summed E-state index contributed by atoms with van der Waals surface area (Å²) in [4.78, 5) is 30.2. The van der Waals surface area contributed by atoms with Crippen molar-refractivity contribution in [1.29, 1.82) is 0 Å². The van der Waals surface area contributed by atoms with Crippen LogP contribution in [0.4, 0.5) is 0 Å².